The highest BCUT2D eigenvalue weighted by Gasteiger charge is 2.38. The van der Waals surface area contributed by atoms with Crippen molar-refractivity contribution < 1.29 is 4.79 Å². The van der Waals surface area contributed by atoms with Crippen LogP contribution in [0.2, 0.25) is 0 Å². The Morgan fingerprint density at radius 2 is 1.75 bits per heavy atom. The van der Waals surface area contributed by atoms with Crippen molar-refractivity contribution in [3.8, 4) is 0 Å². The smallest absolute Gasteiger partial charge is 0.221 e. The van der Waals surface area contributed by atoms with E-state index in [-0.39, 0.29) is 5.91 Å². The second-order valence-electron chi connectivity index (χ2n) is 6.62. The first kappa shape index (κ1) is 13.8. The zero-order chi connectivity index (χ0) is 12.4. The third-order valence-corrected chi connectivity index (χ3v) is 3.43. The van der Waals surface area contributed by atoms with Crippen LogP contribution in [0.15, 0.2) is 0 Å². The first-order chi connectivity index (χ1) is 7.24. The maximum absolute atomic E-state index is 11.5. The first-order valence-electron chi connectivity index (χ1n) is 6.09. The molecule has 0 bridgehead atoms. The number of amides is 1. The number of rotatable bonds is 3. The minimum Gasteiger partial charge on any atom is -0.353 e. The molecule has 0 atom stereocenters. The van der Waals surface area contributed by atoms with E-state index in [0.717, 1.165) is 12.8 Å². The van der Waals surface area contributed by atoms with Crippen molar-refractivity contribution in [2.75, 3.05) is 5.88 Å². The maximum Gasteiger partial charge on any atom is 0.221 e. The van der Waals surface area contributed by atoms with Crippen LogP contribution < -0.4 is 5.32 Å². The zero-order valence-corrected chi connectivity index (χ0v) is 11.7. The lowest BCUT2D eigenvalue weighted by molar-refractivity contribution is -0.122. The van der Waals surface area contributed by atoms with Gasteiger partial charge >= 0.3 is 0 Å². The molecule has 0 aromatic rings. The van der Waals surface area contributed by atoms with E-state index in [9.17, 15) is 4.79 Å². The van der Waals surface area contributed by atoms with E-state index in [1.54, 1.807) is 0 Å². The van der Waals surface area contributed by atoms with E-state index in [1.165, 1.54) is 6.42 Å². The predicted molar refractivity (Wildman–Crippen MR) is 68.7 cm³/mol. The lowest BCUT2D eigenvalue weighted by Gasteiger charge is -2.45. The van der Waals surface area contributed by atoms with Gasteiger partial charge < -0.3 is 5.32 Å². The molecule has 0 unspecified atom stereocenters. The molecule has 3 heteroatoms. The van der Waals surface area contributed by atoms with Gasteiger partial charge in [-0.25, -0.2) is 0 Å². The van der Waals surface area contributed by atoms with Gasteiger partial charge in [0, 0.05) is 18.3 Å². The molecule has 0 aromatic carbocycles. The Labute approximate surface area is 104 Å². The van der Waals surface area contributed by atoms with E-state index >= 15 is 0 Å². The number of nitrogens with one attached hydrogen (secondary N) is 1. The standard InChI is InChI=1S/C13H24ClNO/c1-12(2)7-10(8-13(3,4)9-12)15-11(16)5-6-14/h10H,5-9H2,1-4H3,(H,15,16). The molecule has 1 aliphatic carbocycles. The average molecular weight is 246 g/mol. The second-order valence-corrected chi connectivity index (χ2v) is 6.99. The third-order valence-electron chi connectivity index (χ3n) is 3.24. The van der Waals surface area contributed by atoms with E-state index in [4.69, 9.17) is 11.6 Å². The Balaban J connectivity index is 2.57. The molecule has 0 saturated heterocycles. The Hall–Kier alpha value is -0.240. The monoisotopic (exact) mass is 245 g/mol. The summed E-state index contributed by atoms with van der Waals surface area (Å²) in [5, 5.41) is 3.11. The summed E-state index contributed by atoms with van der Waals surface area (Å²) in [5.74, 6) is 0.499. The zero-order valence-electron chi connectivity index (χ0n) is 10.9. The van der Waals surface area contributed by atoms with Crippen LogP contribution >= 0.6 is 11.6 Å². The van der Waals surface area contributed by atoms with Gasteiger partial charge in [0.15, 0.2) is 0 Å². The van der Waals surface area contributed by atoms with E-state index in [0.29, 0.717) is 29.2 Å². The highest BCUT2D eigenvalue weighted by Crippen LogP contribution is 2.45. The van der Waals surface area contributed by atoms with Gasteiger partial charge in [0.25, 0.3) is 0 Å². The summed E-state index contributed by atoms with van der Waals surface area (Å²) >= 11 is 5.57. The van der Waals surface area contributed by atoms with Gasteiger partial charge in [0.2, 0.25) is 5.91 Å². The van der Waals surface area contributed by atoms with Crippen LogP contribution in [-0.4, -0.2) is 17.8 Å². The van der Waals surface area contributed by atoms with Crippen molar-refractivity contribution in [1.29, 1.82) is 0 Å². The topological polar surface area (TPSA) is 29.1 Å². The number of alkyl halides is 1. The molecule has 16 heavy (non-hydrogen) atoms. The lowest BCUT2D eigenvalue weighted by Crippen LogP contribution is -2.46. The minimum atomic E-state index is 0.0912. The molecule has 1 N–H and O–H groups in total. The minimum absolute atomic E-state index is 0.0912. The summed E-state index contributed by atoms with van der Waals surface area (Å²) in [6.45, 7) is 9.15. The number of hydrogen-bond donors (Lipinski definition) is 1. The average Bonchev–Trinajstić information content (AvgIpc) is 1.96. The Morgan fingerprint density at radius 1 is 1.25 bits per heavy atom. The fourth-order valence-electron chi connectivity index (χ4n) is 3.33. The molecule has 1 aliphatic rings. The van der Waals surface area contributed by atoms with Crippen LogP contribution in [0.25, 0.3) is 0 Å². The SMILES string of the molecule is CC1(C)CC(NC(=O)CCCl)CC(C)(C)C1. The molecular formula is C13H24ClNO. The Bertz CT molecular complexity index is 245. The molecule has 0 spiro atoms. The summed E-state index contributed by atoms with van der Waals surface area (Å²) in [7, 11) is 0. The quantitative estimate of drug-likeness (QED) is 0.760. The maximum atomic E-state index is 11.5. The van der Waals surface area contributed by atoms with Gasteiger partial charge in [-0.05, 0) is 30.1 Å². The van der Waals surface area contributed by atoms with E-state index in [1.807, 2.05) is 0 Å². The van der Waals surface area contributed by atoms with Crippen molar-refractivity contribution in [3.63, 3.8) is 0 Å². The number of carbonyl (C=O) groups is 1. The molecule has 0 aromatic heterocycles. The van der Waals surface area contributed by atoms with Gasteiger partial charge in [-0.2, -0.15) is 0 Å². The van der Waals surface area contributed by atoms with Crippen LogP contribution in [0, 0.1) is 10.8 Å². The van der Waals surface area contributed by atoms with Crippen molar-refractivity contribution in [2.24, 2.45) is 10.8 Å². The molecule has 2 nitrogen and oxygen atoms in total. The summed E-state index contributed by atoms with van der Waals surface area (Å²) < 4.78 is 0. The highest BCUT2D eigenvalue weighted by atomic mass is 35.5. The number of carbonyl (C=O) groups excluding carboxylic acids is 1. The normalized spacial score (nSPS) is 24.1. The molecule has 94 valence electrons. The van der Waals surface area contributed by atoms with Crippen LogP contribution in [-0.2, 0) is 4.79 Å². The summed E-state index contributed by atoms with van der Waals surface area (Å²) in [5.41, 5.74) is 0.640. The number of hydrogen-bond acceptors (Lipinski definition) is 1. The molecule has 1 saturated carbocycles. The van der Waals surface area contributed by atoms with Crippen molar-refractivity contribution in [3.05, 3.63) is 0 Å². The fraction of sp³-hybridized carbons (Fsp3) is 0.923. The van der Waals surface area contributed by atoms with Crippen molar-refractivity contribution in [1.82, 2.24) is 5.32 Å². The largest absolute Gasteiger partial charge is 0.353 e. The van der Waals surface area contributed by atoms with Crippen LogP contribution in [0.3, 0.4) is 0 Å². The van der Waals surface area contributed by atoms with E-state index in [2.05, 4.69) is 33.0 Å². The predicted octanol–water partition coefficient (Wildman–Crippen LogP) is 3.34. The molecule has 0 aliphatic heterocycles. The molecule has 1 amide bonds. The van der Waals surface area contributed by atoms with Crippen LogP contribution in [0.4, 0.5) is 0 Å². The molecule has 1 rings (SSSR count). The third kappa shape index (κ3) is 4.32. The van der Waals surface area contributed by atoms with E-state index < -0.39 is 0 Å². The second kappa shape index (κ2) is 4.95. The van der Waals surface area contributed by atoms with Gasteiger partial charge in [-0.15, -0.1) is 11.6 Å². The molecule has 0 heterocycles. The molecule has 1 fully saturated rings. The summed E-state index contributed by atoms with van der Waals surface area (Å²) in [4.78, 5) is 11.5. The van der Waals surface area contributed by atoms with Gasteiger partial charge in [0.05, 0.1) is 0 Å². The van der Waals surface area contributed by atoms with Crippen molar-refractivity contribution in [2.45, 2.75) is 59.4 Å². The summed E-state index contributed by atoms with van der Waals surface area (Å²) in [6.07, 6.45) is 3.80. The Kier molecular flexibility index (Phi) is 4.28. The molecule has 0 radical (unpaired) electrons. The van der Waals surface area contributed by atoms with Crippen LogP contribution in [0.1, 0.15) is 53.4 Å². The number of halogens is 1. The Morgan fingerprint density at radius 3 is 2.19 bits per heavy atom. The first-order valence-corrected chi connectivity index (χ1v) is 6.63. The summed E-state index contributed by atoms with van der Waals surface area (Å²) in [6, 6.07) is 0.314. The highest BCUT2D eigenvalue weighted by molar-refractivity contribution is 6.18. The van der Waals surface area contributed by atoms with Crippen LogP contribution in [0.5, 0.6) is 0 Å². The van der Waals surface area contributed by atoms with Gasteiger partial charge in [0.1, 0.15) is 0 Å². The molecular weight excluding hydrogens is 222 g/mol. The lowest BCUT2D eigenvalue weighted by atomic mass is 9.63. The van der Waals surface area contributed by atoms with Gasteiger partial charge in [-0.1, -0.05) is 27.7 Å². The fourth-order valence-corrected chi connectivity index (χ4v) is 3.51. The van der Waals surface area contributed by atoms with Gasteiger partial charge in [-0.3, -0.25) is 4.79 Å². The van der Waals surface area contributed by atoms with Crippen molar-refractivity contribution >= 4 is 17.5 Å².